The number of carbonyl (C=O) groups is 3. The highest BCUT2D eigenvalue weighted by Crippen LogP contribution is 2.31. The molecule has 0 radical (unpaired) electrons. The minimum absolute atomic E-state index is 0.00571. The van der Waals surface area contributed by atoms with E-state index in [0.29, 0.717) is 38.5 Å². The lowest BCUT2D eigenvalue weighted by atomic mass is 9.87. The van der Waals surface area contributed by atoms with E-state index in [2.05, 4.69) is 52.2 Å². The summed E-state index contributed by atoms with van der Waals surface area (Å²) in [6.07, 6.45) is 0. The lowest BCUT2D eigenvalue weighted by Gasteiger charge is -2.20. The monoisotopic (exact) mass is 641 g/mol. The van der Waals surface area contributed by atoms with E-state index in [-0.39, 0.29) is 28.7 Å². The molecule has 0 aliphatic carbocycles. The van der Waals surface area contributed by atoms with E-state index in [1.54, 1.807) is 43.3 Å². The molecule has 3 aromatic carbocycles. The van der Waals surface area contributed by atoms with Gasteiger partial charge in [-0.15, -0.1) is 5.10 Å². The van der Waals surface area contributed by atoms with E-state index in [9.17, 15) is 14.4 Å². The molecular weight excluding hydrogens is 613 g/mol. The number of nitrogens with zero attached hydrogens (tertiary/aromatic N) is 4. The van der Waals surface area contributed by atoms with Crippen molar-refractivity contribution in [3.05, 3.63) is 81.8 Å². The molecule has 0 aliphatic heterocycles. The topological polar surface area (TPSA) is 140 Å². The zero-order chi connectivity index (χ0) is 31.1. The Kier molecular flexibility index (Phi) is 10.3. The van der Waals surface area contributed by atoms with Crippen LogP contribution in [-0.2, 0) is 14.9 Å². The second-order valence-electron chi connectivity index (χ2n) is 10.2. The van der Waals surface area contributed by atoms with Gasteiger partial charge in [0.2, 0.25) is 11.1 Å². The number of carbonyl (C=O) groups excluding carboxylic acids is 3. The van der Waals surface area contributed by atoms with Gasteiger partial charge in [-0.1, -0.05) is 61.8 Å². The molecule has 0 saturated carbocycles. The summed E-state index contributed by atoms with van der Waals surface area (Å²) in [6, 6.07) is 16.2. The number of nitrogens with one attached hydrogen (secondary N) is 3. The molecule has 0 atom stereocenters. The lowest BCUT2D eigenvalue weighted by molar-refractivity contribution is -0.113. The molecule has 0 fully saturated rings. The maximum Gasteiger partial charge on any atom is 0.338 e. The third-order valence-electron chi connectivity index (χ3n) is 5.97. The van der Waals surface area contributed by atoms with E-state index in [1.165, 1.54) is 10.7 Å². The van der Waals surface area contributed by atoms with E-state index < -0.39 is 12.0 Å². The fraction of sp³-hybridized carbons (Fsp3) is 0.241. The maximum absolute atomic E-state index is 12.7. The minimum Gasteiger partial charge on any atom is -0.462 e. The smallest absolute Gasteiger partial charge is 0.338 e. The Labute approximate surface area is 262 Å². The molecule has 1 aromatic heterocycles. The van der Waals surface area contributed by atoms with Gasteiger partial charge in [0.15, 0.2) is 0 Å². The van der Waals surface area contributed by atoms with Gasteiger partial charge in [0.1, 0.15) is 0 Å². The normalized spacial score (nSPS) is 11.1. The third kappa shape index (κ3) is 8.46. The number of urea groups is 1. The van der Waals surface area contributed by atoms with Crippen LogP contribution in [0.15, 0.2) is 65.8 Å². The van der Waals surface area contributed by atoms with E-state index >= 15 is 0 Å². The van der Waals surface area contributed by atoms with Gasteiger partial charge in [-0.3, -0.25) is 4.79 Å². The van der Waals surface area contributed by atoms with Gasteiger partial charge in [0.25, 0.3) is 0 Å². The van der Waals surface area contributed by atoms with Crippen LogP contribution < -0.4 is 16.0 Å². The summed E-state index contributed by atoms with van der Waals surface area (Å²) in [4.78, 5) is 36.9. The highest BCUT2D eigenvalue weighted by molar-refractivity contribution is 7.99. The number of esters is 1. The average molecular weight is 643 g/mol. The van der Waals surface area contributed by atoms with Crippen LogP contribution in [0.5, 0.6) is 0 Å². The molecule has 0 bridgehead atoms. The van der Waals surface area contributed by atoms with Crippen molar-refractivity contribution >= 4 is 69.9 Å². The molecule has 43 heavy (non-hydrogen) atoms. The van der Waals surface area contributed by atoms with Crippen LogP contribution in [0, 0.1) is 0 Å². The van der Waals surface area contributed by atoms with Crippen LogP contribution in [-0.4, -0.2) is 50.5 Å². The molecule has 0 aliphatic rings. The van der Waals surface area contributed by atoms with Gasteiger partial charge >= 0.3 is 12.0 Å². The number of thioether (sulfide) groups is 1. The molecule has 3 amide bonds. The summed E-state index contributed by atoms with van der Waals surface area (Å²) in [6.45, 7) is 8.29. The Morgan fingerprint density at radius 1 is 0.907 bits per heavy atom. The van der Waals surface area contributed by atoms with Crippen molar-refractivity contribution in [1.29, 1.82) is 0 Å². The number of amides is 3. The molecular formula is C29H29Cl2N7O4S. The van der Waals surface area contributed by atoms with Crippen LogP contribution in [0.25, 0.3) is 5.69 Å². The first kappa shape index (κ1) is 31.8. The summed E-state index contributed by atoms with van der Waals surface area (Å²) in [5.41, 5.74) is 3.24. The van der Waals surface area contributed by atoms with Gasteiger partial charge in [0.05, 0.1) is 39.3 Å². The van der Waals surface area contributed by atoms with Crippen molar-refractivity contribution in [2.75, 3.05) is 28.3 Å². The number of anilines is 3. The number of halogens is 2. The lowest BCUT2D eigenvalue weighted by Crippen LogP contribution is -2.19. The molecule has 0 saturated heterocycles. The number of tetrazole rings is 1. The molecule has 3 N–H and O–H groups in total. The second kappa shape index (κ2) is 13.9. The van der Waals surface area contributed by atoms with E-state index in [0.717, 1.165) is 17.3 Å². The van der Waals surface area contributed by atoms with Crippen molar-refractivity contribution in [3.63, 3.8) is 0 Å². The molecule has 1 heterocycles. The number of hydrogen-bond donors (Lipinski definition) is 3. The molecule has 14 heteroatoms. The molecule has 0 unspecified atom stereocenters. The van der Waals surface area contributed by atoms with Crippen LogP contribution in [0.1, 0.15) is 43.6 Å². The summed E-state index contributed by atoms with van der Waals surface area (Å²) < 4.78 is 6.43. The molecule has 4 rings (SSSR count). The molecule has 11 nitrogen and oxygen atoms in total. The second-order valence-corrected chi connectivity index (χ2v) is 12.0. The molecule has 4 aromatic rings. The Hall–Kier alpha value is -4.13. The first-order valence-electron chi connectivity index (χ1n) is 13.1. The largest absolute Gasteiger partial charge is 0.462 e. The van der Waals surface area contributed by atoms with Gasteiger partial charge in [-0.2, -0.15) is 4.68 Å². The van der Waals surface area contributed by atoms with Gasteiger partial charge < -0.3 is 20.7 Å². The van der Waals surface area contributed by atoms with Crippen molar-refractivity contribution in [1.82, 2.24) is 20.2 Å². The summed E-state index contributed by atoms with van der Waals surface area (Å²) >= 11 is 14.0. The maximum atomic E-state index is 12.7. The first-order valence-corrected chi connectivity index (χ1v) is 14.8. The van der Waals surface area contributed by atoms with Crippen molar-refractivity contribution in [3.8, 4) is 5.69 Å². The van der Waals surface area contributed by atoms with Crippen molar-refractivity contribution < 1.29 is 19.1 Å². The number of benzene rings is 3. The summed E-state index contributed by atoms with van der Waals surface area (Å²) in [5, 5.41) is 21.0. The van der Waals surface area contributed by atoms with Crippen LogP contribution in [0.2, 0.25) is 10.0 Å². The van der Waals surface area contributed by atoms with Crippen molar-refractivity contribution in [2.45, 2.75) is 38.3 Å². The quantitative estimate of drug-likeness (QED) is 0.134. The SMILES string of the molecule is CCOC(=O)c1ccc(NC(=O)Nc2ccc(NC(=O)CSc3nnnn3-c3ccc(C(C)(C)C)cc3Cl)c(Cl)c2)cc1. The number of rotatable bonds is 9. The predicted molar refractivity (Wildman–Crippen MR) is 169 cm³/mol. The number of ether oxygens (including phenoxy) is 1. The number of hydrogen-bond acceptors (Lipinski definition) is 8. The Bertz CT molecular complexity index is 1640. The summed E-state index contributed by atoms with van der Waals surface area (Å²) in [7, 11) is 0. The van der Waals surface area contributed by atoms with Gasteiger partial charge in [-0.25, -0.2) is 9.59 Å². The molecule has 0 spiro atoms. The van der Waals surface area contributed by atoms with Crippen LogP contribution in [0.3, 0.4) is 0 Å². The van der Waals surface area contributed by atoms with E-state index in [4.69, 9.17) is 27.9 Å². The fourth-order valence-electron chi connectivity index (χ4n) is 3.77. The standard InChI is InChI=1S/C29H29Cl2N7O4S/c1-5-42-26(40)17-6-9-19(10-7-17)32-27(41)33-20-11-12-23(21(30)15-20)34-25(39)16-43-28-35-36-37-38(28)24-13-8-18(14-22(24)31)29(2,3)4/h6-15H,5,16H2,1-4H3,(H,34,39)(H2,32,33,41). The first-order chi connectivity index (χ1) is 20.4. The fourth-order valence-corrected chi connectivity index (χ4v) is 4.95. The average Bonchev–Trinajstić information content (AvgIpc) is 3.41. The zero-order valence-electron chi connectivity index (χ0n) is 23.8. The Balaban J connectivity index is 1.31. The number of aromatic nitrogens is 4. The highest BCUT2D eigenvalue weighted by atomic mass is 35.5. The Morgan fingerprint density at radius 2 is 1.60 bits per heavy atom. The van der Waals surface area contributed by atoms with E-state index in [1.807, 2.05) is 18.2 Å². The van der Waals surface area contributed by atoms with Crippen LogP contribution in [0.4, 0.5) is 21.9 Å². The third-order valence-corrected chi connectivity index (χ3v) is 7.50. The van der Waals surface area contributed by atoms with Crippen LogP contribution >= 0.6 is 35.0 Å². The predicted octanol–water partition coefficient (Wildman–Crippen LogP) is 6.82. The zero-order valence-corrected chi connectivity index (χ0v) is 26.1. The highest BCUT2D eigenvalue weighted by Gasteiger charge is 2.19. The van der Waals surface area contributed by atoms with Gasteiger partial charge in [0, 0.05) is 11.4 Å². The minimum atomic E-state index is -0.515. The molecule has 224 valence electrons. The summed E-state index contributed by atoms with van der Waals surface area (Å²) in [5.74, 6) is -0.766. The Morgan fingerprint density at radius 3 is 2.26 bits per heavy atom. The van der Waals surface area contributed by atoms with Gasteiger partial charge in [-0.05, 0) is 82.9 Å². The van der Waals surface area contributed by atoms with Crippen molar-refractivity contribution in [2.24, 2.45) is 0 Å².